The van der Waals surface area contributed by atoms with Gasteiger partial charge in [-0.25, -0.2) is 0 Å². The molecule has 0 fully saturated rings. The predicted octanol–water partition coefficient (Wildman–Crippen LogP) is 6.48. The van der Waals surface area contributed by atoms with Gasteiger partial charge in [0.15, 0.2) is 0 Å². The Bertz CT molecular complexity index is 951. The summed E-state index contributed by atoms with van der Waals surface area (Å²) in [6, 6.07) is 16.4. The molecule has 2 aromatic carbocycles. The van der Waals surface area contributed by atoms with E-state index in [9.17, 15) is 18.0 Å². The van der Waals surface area contributed by atoms with Gasteiger partial charge in [-0.3, -0.25) is 9.53 Å². The van der Waals surface area contributed by atoms with Crippen LogP contribution in [0.3, 0.4) is 0 Å². The van der Waals surface area contributed by atoms with Crippen molar-refractivity contribution in [3.63, 3.8) is 0 Å². The van der Waals surface area contributed by atoms with Crippen molar-refractivity contribution in [3.05, 3.63) is 84.0 Å². The van der Waals surface area contributed by atoms with Gasteiger partial charge in [-0.1, -0.05) is 61.1 Å². The zero-order valence-corrected chi connectivity index (χ0v) is 17.0. The summed E-state index contributed by atoms with van der Waals surface area (Å²) in [5.41, 5.74) is -0.228. The topological polar surface area (TPSA) is 44.8 Å². The summed E-state index contributed by atoms with van der Waals surface area (Å²) in [7, 11) is 0. The van der Waals surface area contributed by atoms with Crippen LogP contribution in [0.15, 0.2) is 78.4 Å². The number of benzene rings is 2. The molecule has 1 atom stereocenters. The average Bonchev–Trinajstić information content (AvgIpc) is 2.72. The lowest BCUT2D eigenvalue weighted by Crippen LogP contribution is -2.37. The number of allylic oxidation sites excluding steroid dienone is 2. The molecule has 0 N–H and O–H groups in total. The molecule has 3 rings (SSSR count). The Morgan fingerprint density at radius 2 is 1.81 bits per heavy atom. The summed E-state index contributed by atoms with van der Waals surface area (Å²) in [6.07, 6.45) is -0.245. The molecule has 4 nitrogen and oxygen atoms in total. The smallest absolute Gasteiger partial charge is 0.461 e. The second-order valence-corrected chi connectivity index (χ2v) is 7.23. The molecule has 1 aliphatic carbocycles. The SMILES string of the molecule is CCC1(OC(F)(F)F)C=CC=C(CC(=O)OCc2cccc(Oc3ccccc3)c2)C1. The summed E-state index contributed by atoms with van der Waals surface area (Å²) in [5.74, 6) is 0.777. The number of halogens is 3. The normalized spacial score (nSPS) is 18.4. The molecule has 0 amide bonds. The third-order valence-electron chi connectivity index (χ3n) is 4.82. The van der Waals surface area contributed by atoms with Gasteiger partial charge < -0.3 is 9.47 Å². The first-order valence-corrected chi connectivity index (χ1v) is 9.88. The van der Waals surface area contributed by atoms with E-state index >= 15 is 0 Å². The number of ether oxygens (including phenoxy) is 3. The Morgan fingerprint density at radius 3 is 2.52 bits per heavy atom. The molecule has 0 bridgehead atoms. The number of esters is 1. The summed E-state index contributed by atoms with van der Waals surface area (Å²) in [6.45, 7) is 1.65. The quantitative estimate of drug-likeness (QED) is 0.448. The molecule has 0 spiro atoms. The molecule has 0 aromatic heterocycles. The highest BCUT2D eigenvalue weighted by Crippen LogP contribution is 2.37. The highest BCUT2D eigenvalue weighted by molar-refractivity contribution is 5.72. The van der Waals surface area contributed by atoms with Gasteiger partial charge in [-0.2, -0.15) is 0 Å². The van der Waals surface area contributed by atoms with E-state index in [2.05, 4.69) is 4.74 Å². The molecule has 0 heterocycles. The Morgan fingerprint density at radius 1 is 1.06 bits per heavy atom. The lowest BCUT2D eigenvalue weighted by molar-refractivity contribution is -0.358. The number of para-hydroxylation sites is 1. The fourth-order valence-electron chi connectivity index (χ4n) is 3.32. The first-order chi connectivity index (χ1) is 14.8. The van der Waals surface area contributed by atoms with E-state index in [0.717, 1.165) is 5.56 Å². The van der Waals surface area contributed by atoms with Crippen LogP contribution in [0.1, 0.15) is 31.7 Å². The fourth-order valence-corrected chi connectivity index (χ4v) is 3.32. The highest BCUT2D eigenvalue weighted by Gasteiger charge is 2.42. The summed E-state index contributed by atoms with van der Waals surface area (Å²) in [5, 5.41) is 0. The second kappa shape index (κ2) is 9.83. The summed E-state index contributed by atoms with van der Waals surface area (Å²) < 4.78 is 53.7. The van der Waals surface area contributed by atoms with E-state index in [1.54, 1.807) is 37.3 Å². The Hall–Kier alpha value is -3.06. The van der Waals surface area contributed by atoms with Crippen molar-refractivity contribution in [2.75, 3.05) is 0 Å². The number of hydrogen-bond acceptors (Lipinski definition) is 4. The maximum absolute atomic E-state index is 12.8. The first-order valence-electron chi connectivity index (χ1n) is 9.88. The zero-order valence-electron chi connectivity index (χ0n) is 17.0. The van der Waals surface area contributed by atoms with Gasteiger partial charge in [0.05, 0.1) is 12.0 Å². The number of carbonyl (C=O) groups is 1. The van der Waals surface area contributed by atoms with Crippen LogP contribution in [-0.4, -0.2) is 17.9 Å². The van der Waals surface area contributed by atoms with Crippen molar-refractivity contribution in [1.82, 2.24) is 0 Å². The van der Waals surface area contributed by atoms with Crippen LogP contribution < -0.4 is 4.74 Å². The highest BCUT2D eigenvalue weighted by atomic mass is 19.4. The van der Waals surface area contributed by atoms with Crippen molar-refractivity contribution in [2.45, 2.75) is 44.8 Å². The van der Waals surface area contributed by atoms with Crippen LogP contribution >= 0.6 is 0 Å². The third kappa shape index (κ3) is 7.00. The standard InChI is InChI=1S/C24H23F3O4/c1-2-23(31-24(25,26)27)13-7-9-18(16-23)15-22(28)29-17-19-8-6-12-21(14-19)30-20-10-4-3-5-11-20/h3-14H,2,15-17H2,1H3. The van der Waals surface area contributed by atoms with Gasteiger partial charge in [0.2, 0.25) is 0 Å². The lowest BCUT2D eigenvalue weighted by Gasteiger charge is -2.33. The van der Waals surface area contributed by atoms with Crippen molar-refractivity contribution in [1.29, 1.82) is 0 Å². The van der Waals surface area contributed by atoms with E-state index in [4.69, 9.17) is 9.47 Å². The minimum absolute atomic E-state index is 0.0188. The first kappa shape index (κ1) is 22.6. The van der Waals surface area contributed by atoms with E-state index in [-0.39, 0.29) is 25.9 Å². The average molecular weight is 432 g/mol. The molecule has 31 heavy (non-hydrogen) atoms. The van der Waals surface area contributed by atoms with E-state index < -0.39 is 17.9 Å². The Labute approximate surface area is 178 Å². The van der Waals surface area contributed by atoms with E-state index in [1.165, 1.54) is 12.2 Å². The van der Waals surface area contributed by atoms with E-state index in [0.29, 0.717) is 17.1 Å². The predicted molar refractivity (Wildman–Crippen MR) is 109 cm³/mol. The van der Waals surface area contributed by atoms with Gasteiger partial charge in [0.1, 0.15) is 18.1 Å². The lowest BCUT2D eigenvalue weighted by atomic mass is 9.86. The fraction of sp³-hybridized carbons (Fsp3) is 0.292. The molecule has 2 aromatic rings. The van der Waals surface area contributed by atoms with Gasteiger partial charge >= 0.3 is 12.3 Å². The third-order valence-corrected chi connectivity index (χ3v) is 4.82. The van der Waals surface area contributed by atoms with Crippen molar-refractivity contribution >= 4 is 5.97 Å². The van der Waals surface area contributed by atoms with Crippen LogP contribution in [0, 0.1) is 0 Å². The number of hydrogen-bond donors (Lipinski definition) is 0. The molecule has 0 aliphatic heterocycles. The van der Waals surface area contributed by atoms with Crippen LogP contribution in [0.4, 0.5) is 13.2 Å². The monoisotopic (exact) mass is 432 g/mol. The summed E-state index contributed by atoms with van der Waals surface area (Å²) in [4.78, 5) is 12.3. The van der Waals surface area contributed by atoms with Crippen LogP contribution in [0.2, 0.25) is 0 Å². The molecule has 0 radical (unpaired) electrons. The van der Waals surface area contributed by atoms with Crippen LogP contribution in [0.5, 0.6) is 11.5 Å². The van der Waals surface area contributed by atoms with Crippen molar-refractivity contribution < 1.29 is 32.2 Å². The van der Waals surface area contributed by atoms with Gasteiger partial charge in [0, 0.05) is 6.42 Å². The molecule has 164 valence electrons. The van der Waals surface area contributed by atoms with Crippen LogP contribution in [-0.2, 0) is 20.9 Å². The molecule has 1 aliphatic rings. The number of alkyl halides is 3. The largest absolute Gasteiger partial charge is 0.523 e. The molecule has 1 unspecified atom stereocenters. The minimum Gasteiger partial charge on any atom is -0.461 e. The number of rotatable bonds is 8. The van der Waals surface area contributed by atoms with E-state index in [1.807, 2.05) is 30.3 Å². The maximum Gasteiger partial charge on any atom is 0.523 e. The maximum atomic E-state index is 12.8. The van der Waals surface area contributed by atoms with Crippen LogP contribution in [0.25, 0.3) is 0 Å². The van der Waals surface area contributed by atoms with Crippen molar-refractivity contribution in [3.8, 4) is 11.5 Å². The van der Waals surface area contributed by atoms with Gasteiger partial charge in [-0.15, -0.1) is 13.2 Å². The molecule has 0 saturated heterocycles. The Balaban J connectivity index is 1.54. The van der Waals surface area contributed by atoms with Gasteiger partial charge in [0.25, 0.3) is 0 Å². The zero-order chi connectivity index (χ0) is 22.3. The number of carbonyl (C=O) groups excluding carboxylic acids is 1. The molecule has 0 saturated carbocycles. The minimum atomic E-state index is -4.75. The van der Waals surface area contributed by atoms with Crippen molar-refractivity contribution in [2.24, 2.45) is 0 Å². The molecule has 7 heteroatoms. The molecular weight excluding hydrogens is 409 g/mol. The molecular formula is C24H23F3O4. The summed E-state index contributed by atoms with van der Waals surface area (Å²) >= 11 is 0. The second-order valence-electron chi connectivity index (χ2n) is 7.23. The van der Waals surface area contributed by atoms with Gasteiger partial charge in [-0.05, 0) is 36.2 Å². The Kier molecular flexibility index (Phi) is 7.17.